The number of aromatic amines is 1. The number of hydrogen-bond donors (Lipinski definition) is 2. The zero-order valence-electron chi connectivity index (χ0n) is 22.8. The van der Waals surface area contributed by atoms with E-state index in [1.165, 1.54) is 29.7 Å². The quantitative estimate of drug-likeness (QED) is 0.188. The molecule has 0 saturated heterocycles. The molecule has 0 radical (unpaired) electrons. The van der Waals surface area contributed by atoms with E-state index in [1.807, 2.05) is 39.0 Å². The molecule has 0 atom stereocenters. The third-order valence-corrected chi connectivity index (χ3v) is 5.84. The summed E-state index contributed by atoms with van der Waals surface area (Å²) in [4.78, 5) is 28.8. The number of amides is 1. The number of ether oxygens (including phenoxy) is 3. The van der Waals surface area contributed by atoms with Crippen LogP contribution in [0.1, 0.15) is 37.5 Å². The van der Waals surface area contributed by atoms with Crippen molar-refractivity contribution in [2.75, 3.05) is 40.0 Å². The summed E-state index contributed by atoms with van der Waals surface area (Å²) in [6.07, 6.45) is 5.71. The molecule has 0 spiro atoms. The van der Waals surface area contributed by atoms with Gasteiger partial charge >= 0.3 is 12.1 Å². The molecular weight excluding hydrogens is 482 g/mol. The average Bonchev–Trinajstić information content (AvgIpc) is 3.30. The molecule has 1 heterocycles. The van der Waals surface area contributed by atoms with Crippen molar-refractivity contribution in [2.24, 2.45) is 0 Å². The minimum atomic E-state index is -0.522. The molecule has 8 nitrogen and oxygen atoms in total. The molecule has 38 heavy (non-hydrogen) atoms. The molecule has 2 N–H and O–H groups in total. The molecule has 8 heteroatoms. The second-order valence-corrected chi connectivity index (χ2v) is 10.0. The first-order chi connectivity index (χ1) is 18.2. The van der Waals surface area contributed by atoms with Gasteiger partial charge < -0.3 is 24.5 Å². The van der Waals surface area contributed by atoms with Gasteiger partial charge in [-0.2, -0.15) is 0 Å². The molecule has 3 aromatic rings. The number of carbonyl (C=O) groups is 2. The van der Waals surface area contributed by atoms with E-state index >= 15 is 0 Å². The molecule has 2 aromatic carbocycles. The zero-order valence-corrected chi connectivity index (χ0v) is 22.8. The second-order valence-electron chi connectivity index (χ2n) is 10.0. The van der Waals surface area contributed by atoms with Crippen LogP contribution in [0.15, 0.2) is 60.8 Å². The van der Waals surface area contributed by atoms with Gasteiger partial charge in [-0.1, -0.05) is 42.5 Å². The smallest absolute Gasteiger partial charge is 0.407 e. The number of carbonyl (C=O) groups excluding carboxylic acids is 2. The van der Waals surface area contributed by atoms with Crippen molar-refractivity contribution < 1.29 is 23.8 Å². The Balaban J connectivity index is 1.54. The van der Waals surface area contributed by atoms with E-state index in [1.54, 1.807) is 6.08 Å². The largest absolute Gasteiger partial charge is 0.466 e. The van der Waals surface area contributed by atoms with Gasteiger partial charge in [0.1, 0.15) is 5.60 Å². The first-order valence-corrected chi connectivity index (χ1v) is 12.9. The number of hydrogen-bond acceptors (Lipinski definition) is 6. The van der Waals surface area contributed by atoms with E-state index in [2.05, 4.69) is 56.5 Å². The average molecular weight is 522 g/mol. The maximum atomic E-state index is 11.8. The molecule has 1 amide bonds. The molecule has 0 aliphatic carbocycles. The third kappa shape index (κ3) is 10.0. The van der Waals surface area contributed by atoms with Crippen LogP contribution in [-0.2, 0) is 32.0 Å². The predicted molar refractivity (Wildman–Crippen MR) is 150 cm³/mol. The summed E-state index contributed by atoms with van der Waals surface area (Å²) in [7, 11) is 1.36. The standard InChI is InChI=1S/C30H39N3O5/c1-30(2,3)38-29(35)31-16-19-37-20-18-33(17-15-25-21-32-27-8-6-5-7-26(25)27)22-24-11-9-23(10-12-24)13-14-28(34)36-4/h5-14,21,32H,15-20,22H2,1-4H3,(H,31,35)/b14-13+. The lowest BCUT2D eigenvalue weighted by atomic mass is 10.1. The van der Waals surface area contributed by atoms with Crippen LogP contribution in [0.25, 0.3) is 17.0 Å². The highest BCUT2D eigenvalue weighted by atomic mass is 16.6. The van der Waals surface area contributed by atoms with Gasteiger partial charge in [0.05, 0.1) is 20.3 Å². The Kier molecular flexibility index (Phi) is 10.9. The molecule has 1 aromatic heterocycles. The van der Waals surface area contributed by atoms with Crippen molar-refractivity contribution >= 4 is 29.0 Å². The number of nitrogens with zero attached hydrogens (tertiary/aromatic N) is 1. The fraction of sp³-hybridized carbons (Fsp3) is 0.400. The number of aromatic nitrogens is 1. The maximum absolute atomic E-state index is 11.8. The van der Waals surface area contributed by atoms with Gasteiger partial charge in [-0.25, -0.2) is 9.59 Å². The molecule has 0 aliphatic heterocycles. The van der Waals surface area contributed by atoms with Crippen molar-refractivity contribution in [2.45, 2.75) is 39.3 Å². The van der Waals surface area contributed by atoms with E-state index < -0.39 is 11.7 Å². The van der Waals surface area contributed by atoms with Gasteiger partial charge in [0, 0.05) is 49.4 Å². The molecule has 0 aliphatic rings. The fourth-order valence-corrected chi connectivity index (χ4v) is 3.95. The van der Waals surface area contributed by atoms with Crippen LogP contribution in [0.5, 0.6) is 0 Å². The molecular formula is C30H39N3O5. The van der Waals surface area contributed by atoms with Gasteiger partial charge in [-0.05, 0) is 56.0 Å². The van der Waals surface area contributed by atoms with Crippen LogP contribution in [0, 0.1) is 0 Å². The van der Waals surface area contributed by atoms with E-state index in [-0.39, 0.29) is 5.97 Å². The van der Waals surface area contributed by atoms with Crippen LogP contribution >= 0.6 is 0 Å². The summed E-state index contributed by atoms with van der Waals surface area (Å²) in [6, 6.07) is 16.5. The molecule has 204 valence electrons. The van der Waals surface area contributed by atoms with Crippen LogP contribution in [-0.4, -0.2) is 67.5 Å². The van der Waals surface area contributed by atoms with Crippen LogP contribution in [0.2, 0.25) is 0 Å². The Morgan fingerprint density at radius 1 is 1.03 bits per heavy atom. The number of methoxy groups -OCH3 is 1. The van der Waals surface area contributed by atoms with Crippen molar-refractivity contribution in [1.29, 1.82) is 0 Å². The van der Waals surface area contributed by atoms with Gasteiger partial charge in [0.2, 0.25) is 0 Å². The Hall–Kier alpha value is -3.62. The first-order valence-electron chi connectivity index (χ1n) is 12.9. The SMILES string of the molecule is COC(=O)/C=C/c1ccc(CN(CCOCCNC(=O)OC(C)(C)C)CCc2c[nH]c3ccccc23)cc1. The van der Waals surface area contributed by atoms with Crippen molar-refractivity contribution in [3.05, 3.63) is 77.5 Å². The zero-order chi connectivity index (χ0) is 27.4. The molecule has 3 rings (SSSR count). The Labute approximate surface area is 225 Å². The van der Waals surface area contributed by atoms with E-state index in [4.69, 9.17) is 9.47 Å². The van der Waals surface area contributed by atoms with E-state index in [0.717, 1.165) is 37.1 Å². The number of para-hydroxylation sites is 1. The lowest BCUT2D eigenvalue weighted by Gasteiger charge is -2.23. The highest BCUT2D eigenvalue weighted by Gasteiger charge is 2.15. The normalized spacial score (nSPS) is 11.8. The summed E-state index contributed by atoms with van der Waals surface area (Å²) in [6.45, 7) is 9.24. The van der Waals surface area contributed by atoms with Crippen LogP contribution in [0.4, 0.5) is 4.79 Å². The molecule has 0 saturated carbocycles. The van der Waals surface area contributed by atoms with Gasteiger partial charge in [-0.15, -0.1) is 0 Å². The van der Waals surface area contributed by atoms with E-state index in [9.17, 15) is 9.59 Å². The number of alkyl carbamates (subject to hydrolysis) is 1. The first kappa shape index (κ1) is 28.9. The Morgan fingerprint density at radius 3 is 2.53 bits per heavy atom. The summed E-state index contributed by atoms with van der Waals surface area (Å²) in [5, 5.41) is 3.97. The lowest BCUT2D eigenvalue weighted by molar-refractivity contribution is -0.134. The number of benzene rings is 2. The topological polar surface area (TPSA) is 92.9 Å². The van der Waals surface area contributed by atoms with Crippen molar-refractivity contribution in [3.63, 3.8) is 0 Å². The monoisotopic (exact) mass is 521 g/mol. The number of nitrogens with one attached hydrogen (secondary N) is 2. The van der Waals surface area contributed by atoms with Crippen LogP contribution < -0.4 is 5.32 Å². The lowest BCUT2D eigenvalue weighted by Crippen LogP contribution is -2.35. The van der Waals surface area contributed by atoms with Gasteiger partial charge in [0.25, 0.3) is 0 Å². The third-order valence-electron chi connectivity index (χ3n) is 5.84. The minimum Gasteiger partial charge on any atom is -0.466 e. The van der Waals surface area contributed by atoms with Gasteiger partial charge in [0.15, 0.2) is 0 Å². The predicted octanol–water partition coefficient (Wildman–Crippen LogP) is 4.94. The highest BCUT2D eigenvalue weighted by Crippen LogP contribution is 2.19. The number of rotatable bonds is 13. The second kappa shape index (κ2) is 14.4. The molecule has 0 bridgehead atoms. The van der Waals surface area contributed by atoms with Crippen LogP contribution in [0.3, 0.4) is 0 Å². The van der Waals surface area contributed by atoms with Gasteiger partial charge in [-0.3, -0.25) is 4.90 Å². The maximum Gasteiger partial charge on any atom is 0.407 e. The molecule has 0 unspecified atom stereocenters. The number of H-pyrrole nitrogens is 1. The Bertz CT molecular complexity index is 1190. The molecule has 0 fully saturated rings. The fourth-order valence-electron chi connectivity index (χ4n) is 3.95. The van der Waals surface area contributed by atoms with E-state index in [0.29, 0.717) is 19.8 Å². The summed E-state index contributed by atoms with van der Waals surface area (Å²) in [5.74, 6) is -0.376. The highest BCUT2D eigenvalue weighted by molar-refractivity contribution is 5.86. The van der Waals surface area contributed by atoms with Crippen molar-refractivity contribution in [1.82, 2.24) is 15.2 Å². The summed E-state index contributed by atoms with van der Waals surface area (Å²) < 4.78 is 15.7. The number of fused-ring (bicyclic) bond motifs is 1. The minimum absolute atomic E-state index is 0.376. The van der Waals surface area contributed by atoms with Crippen molar-refractivity contribution in [3.8, 4) is 0 Å². The summed E-state index contributed by atoms with van der Waals surface area (Å²) >= 11 is 0. The number of esters is 1. The Morgan fingerprint density at radius 2 is 1.79 bits per heavy atom. The summed E-state index contributed by atoms with van der Waals surface area (Å²) in [5.41, 5.74) is 4.02.